The quantitative estimate of drug-likeness (QED) is 0.906. The molecule has 1 N–H and O–H groups in total. The lowest BCUT2D eigenvalue weighted by atomic mass is 9.99. The summed E-state index contributed by atoms with van der Waals surface area (Å²) in [4.78, 5) is 4.57. The fraction of sp³-hybridized carbons (Fsp3) is 0.353. The highest BCUT2D eigenvalue weighted by Gasteiger charge is 2.28. The third-order valence-corrected chi connectivity index (χ3v) is 4.32. The summed E-state index contributed by atoms with van der Waals surface area (Å²) < 4.78 is 5.73. The maximum Gasteiger partial charge on any atom is 0.124 e. The van der Waals surface area contributed by atoms with Crippen LogP contribution in [-0.4, -0.2) is 11.6 Å². The maximum atomic E-state index is 5.73. The van der Waals surface area contributed by atoms with Gasteiger partial charge in [-0.05, 0) is 30.5 Å². The van der Waals surface area contributed by atoms with Crippen LogP contribution in [0.25, 0.3) is 0 Å². The molecule has 1 aromatic carbocycles. The van der Waals surface area contributed by atoms with Crippen molar-refractivity contribution in [1.82, 2.24) is 10.3 Å². The second kappa shape index (κ2) is 4.91. The molecule has 2 atom stereocenters. The second-order valence-corrected chi connectivity index (χ2v) is 5.53. The van der Waals surface area contributed by atoms with Crippen LogP contribution in [0.4, 0.5) is 0 Å². The van der Waals surface area contributed by atoms with Crippen molar-refractivity contribution in [1.29, 1.82) is 0 Å². The first kappa shape index (κ1) is 11.9. The number of aromatic nitrogens is 1. The van der Waals surface area contributed by atoms with Gasteiger partial charge in [0.2, 0.25) is 0 Å². The Morgan fingerprint density at radius 3 is 3.00 bits per heavy atom. The Morgan fingerprint density at radius 1 is 1.05 bits per heavy atom. The number of nitrogens with zero attached hydrogens (tertiary/aromatic N) is 1. The molecule has 2 heterocycles. The molecule has 3 heteroatoms. The standard InChI is InChI=1S/C17H18N2O/c1-2-6-16-13(5-1)14(9-11-20-16)19-15-8-7-12-4-3-10-18-17(12)15/h1-6,10,14-15,19H,7-9,11H2. The van der Waals surface area contributed by atoms with Gasteiger partial charge in [-0.15, -0.1) is 0 Å². The van der Waals surface area contributed by atoms with Crippen molar-refractivity contribution >= 4 is 0 Å². The minimum atomic E-state index is 0.373. The Balaban J connectivity index is 1.59. The molecule has 0 saturated carbocycles. The summed E-state index contributed by atoms with van der Waals surface area (Å²) in [6.45, 7) is 0.788. The van der Waals surface area contributed by atoms with Crippen LogP contribution >= 0.6 is 0 Å². The van der Waals surface area contributed by atoms with Gasteiger partial charge in [-0.1, -0.05) is 24.3 Å². The zero-order valence-electron chi connectivity index (χ0n) is 11.4. The zero-order valence-corrected chi connectivity index (χ0v) is 11.4. The molecule has 20 heavy (non-hydrogen) atoms. The Kier molecular flexibility index (Phi) is 2.92. The van der Waals surface area contributed by atoms with Crippen molar-refractivity contribution in [2.45, 2.75) is 31.3 Å². The van der Waals surface area contributed by atoms with Crippen LogP contribution in [0.1, 0.15) is 41.7 Å². The predicted molar refractivity (Wildman–Crippen MR) is 77.7 cm³/mol. The van der Waals surface area contributed by atoms with Gasteiger partial charge in [0.15, 0.2) is 0 Å². The lowest BCUT2D eigenvalue weighted by Crippen LogP contribution is -2.29. The van der Waals surface area contributed by atoms with Crippen molar-refractivity contribution in [3.63, 3.8) is 0 Å². The lowest BCUT2D eigenvalue weighted by molar-refractivity contribution is 0.243. The van der Waals surface area contributed by atoms with E-state index in [4.69, 9.17) is 4.74 Å². The van der Waals surface area contributed by atoms with Gasteiger partial charge >= 0.3 is 0 Å². The van der Waals surface area contributed by atoms with Crippen molar-refractivity contribution in [2.75, 3.05) is 6.61 Å². The average Bonchev–Trinajstić information content (AvgIpc) is 2.91. The molecule has 0 saturated heterocycles. The SMILES string of the molecule is c1cnc2c(c1)CCC2NC1CCOc2ccccc21. The summed E-state index contributed by atoms with van der Waals surface area (Å²) in [6, 6.07) is 13.3. The largest absolute Gasteiger partial charge is 0.493 e. The third-order valence-electron chi connectivity index (χ3n) is 4.32. The molecule has 3 nitrogen and oxygen atoms in total. The zero-order chi connectivity index (χ0) is 13.4. The van der Waals surface area contributed by atoms with Crippen LogP contribution in [0.15, 0.2) is 42.6 Å². The molecule has 0 spiro atoms. The number of para-hydroxylation sites is 1. The van der Waals surface area contributed by atoms with Crippen LogP contribution < -0.4 is 10.1 Å². The smallest absolute Gasteiger partial charge is 0.124 e. The molecule has 0 fully saturated rings. The molecule has 1 aromatic heterocycles. The highest BCUT2D eigenvalue weighted by molar-refractivity contribution is 5.38. The Bertz CT molecular complexity index is 626. The first-order valence-electron chi connectivity index (χ1n) is 7.33. The number of benzene rings is 1. The lowest BCUT2D eigenvalue weighted by Gasteiger charge is -2.29. The molecule has 2 aromatic rings. The van der Waals surface area contributed by atoms with Gasteiger partial charge in [0.05, 0.1) is 18.3 Å². The van der Waals surface area contributed by atoms with Crippen LogP contribution in [0.5, 0.6) is 5.75 Å². The molecule has 0 bridgehead atoms. The summed E-state index contributed by atoms with van der Waals surface area (Å²) in [5.74, 6) is 1.02. The van der Waals surface area contributed by atoms with Gasteiger partial charge in [-0.2, -0.15) is 0 Å². The summed E-state index contributed by atoms with van der Waals surface area (Å²) in [5.41, 5.74) is 3.91. The number of hydrogen-bond donors (Lipinski definition) is 1. The Hall–Kier alpha value is -1.87. The van der Waals surface area contributed by atoms with Gasteiger partial charge in [-0.25, -0.2) is 0 Å². The molecule has 2 aliphatic rings. The highest BCUT2D eigenvalue weighted by atomic mass is 16.5. The number of hydrogen-bond acceptors (Lipinski definition) is 3. The summed E-state index contributed by atoms with van der Waals surface area (Å²) >= 11 is 0. The van der Waals surface area contributed by atoms with Crippen LogP contribution in [0, 0.1) is 0 Å². The van der Waals surface area contributed by atoms with Gasteiger partial charge in [0.25, 0.3) is 0 Å². The van der Waals surface area contributed by atoms with Crippen molar-refractivity contribution in [3.8, 4) is 5.75 Å². The molecular formula is C17H18N2O. The Labute approximate surface area is 119 Å². The average molecular weight is 266 g/mol. The van der Waals surface area contributed by atoms with E-state index in [1.54, 1.807) is 0 Å². The van der Waals surface area contributed by atoms with Gasteiger partial charge in [-0.3, -0.25) is 4.98 Å². The van der Waals surface area contributed by atoms with Crippen molar-refractivity contribution in [3.05, 3.63) is 59.4 Å². The van der Waals surface area contributed by atoms with Gasteiger partial charge < -0.3 is 10.1 Å². The van der Waals surface area contributed by atoms with Gasteiger partial charge in [0, 0.05) is 24.2 Å². The summed E-state index contributed by atoms with van der Waals surface area (Å²) in [7, 11) is 0. The predicted octanol–water partition coefficient (Wildman–Crippen LogP) is 3.18. The van der Waals surface area contributed by atoms with E-state index in [1.165, 1.54) is 16.8 Å². The van der Waals surface area contributed by atoms with E-state index in [0.717, 1.165) is 31.6 Å². The second-order valence-electron chi connectivity index (χ2n) is 5.53. The van der Waals surface area contributed by atoms with Crippen LogP contribution in [0.3, 0.4) is 0 Å². The first-order valence-corrected chi connectivity index (χ1v) is 7.33. The van der Waals surface area contributed by atoms with E-state index in [9.17, 15) is 0 Å². The Morgan fingerprint density at radius 2 is 2.00 bits per heavy atom. The van der Waals surface area contributed by atoms with E-state index in [1.807, 2.05) is 18.3 Å². The number of fused-ring (bicyclic) bond motifs is 2. The van der Waals surface area contributed by atoms with E-state index in [-0.39, 0.29) is 0 Å². The number of ether oxygens (including phenoxy) is 1. The normalized spacial score (nSPS) is 23.8. The van der Waals surface area contributed by atoms with E-state index < -0.39 is 0 Å². The molecular weight excluding hydrogens is 248 g/mol. The van der Waals surface area contributed by atoms with E-state index in [0.29, 0.717) is 12.1 Å². The maximum absolute atomic E-state index is 5.73. The monoisotopic (exact) mass is 266 g/mol. The van der Waals surface area contributed by atoms with Crippen molar-refractivity contribution in [2.24, 2.45) is 0 Å². The summed E-state index contributed by atoms with van der Waals surface area (Å²) in [5, 5.41) is 3.79. The number of aryl methyl sites for hydroxylation is 1. The molecule has 4 rings (SSSR count). The van der Waals surface area contributed by atoms with Gasteiger partial charge in [0.1, 0.15) is 5.75 Å². The van der Waals surface area contributed by atoms with Crippen LogP contribution in [0.2, 0.25) is 0 Å². The molecule has 0 radical (unpaired) electrons. The minimum absolute atomic E-state index is 0.373. The third kappa shape index (κ3) is 1.98. The van der Waals surface area contributed by atoms with E-state index >= 15 is 0 Å². The molecule has 102 valence electrons. The minimum Gasteiger partial charge on any atom is -0.493 e. The van der Waals surface area contributed by atoms with Crippen molar-refractivity contribution < 1.29 is 4.74 Å². The fourth-order valence-corrected chi connectivity index (χ4v) is 3.33. The number of pyridine rings is 1. The number of rotatable bonds is 2. The summed E-state index contributed by atoms with van der Waals surface area (Å²) in [6.07, 6.45) is 5.20. The topological polar surface area (TPSA) is 34.2 Å². The molecule has 1 aliphatic heterocycles. The van der Waals surface area contributed by atoms with E-state index in [2.05, 4.69) is 34.6 Å². The fourth-order valence-electron chi connectivity index (χ4n) is 3.33. The van der Waals surface area contributed by atoms with Crippen LogP contribution in [-0.2, 0) is 6.42 Å². The first-order chi connectivity index (χ1) is 9.92. The molecule has 0 amide bonds. The molecule has 2 unspecified atom stereocenters. The molecule has 1 aliphatic carbocycles. The highest BCUT2D eigenvalue weighted by Crippen LogP contribution is 2.36. The number of nitrogens with one attached hydrogen (secondary N) is 1.